The average Bonchev–Trinajstić information content (AvgIpc) is 4.14. The molecule has 5 N–H and O–H groups in total. The number of nitrogen functional groups attached to an aromatic ring is 1. The highest BCUT2D eigenvalue weighted by molar-refractivity contribution is 7.98. The summed E-state index contributed by atoms with van der Waals surface area (Å²) in [6, 6.07) is 27.8. The number of rotatable bonds is 5. The van der Waals surface area contributed by atoms with E-state index in [2.05, 4.69) is 85.5 Å². The normalized spacial score (nSPS) is 21.1. The van der Waals surface area contributed by atoms with Crippen LogP contribution in [0.3, 0.4) is 0 Å². The molecule has 4 bridgehead atoms. The average molecular weight is 1070 g/mol. The van der Waals surface area contributed by atoms with E-state index in [1.165, 1.54) is 61.7 Å². The van der Waals surface area contributed by atoms with Gasteiger partial charge in [0.1, 0.15) is 22.0 Å². The van der Waals surface area contributed by atoms with E-state index in [4.69, 9.17) is 15.7 Å². The molecular weight excluding hydrogens is 1000 g/mol. The van der Waals surface area contributed by atoms with Gasteiger partial charge in [-0.05, 0) is 183 Å². The van der Waals surface area contributed by atoms with Gasteiger partial charge in [-0.3, -0.25) is 9.59 Å². The van der Waals surface area contributed by atoms with Crippen molar-refractivity contribution in [3.8, 4) is 11.6 Å². The van der Waals surface area contributed by atoms with Crippen LogP contribution in [0.4, 0.5) is 17.3 Å². The maximum Gasteiger partial charge on any atom is 0.278 e. The van der Waals surface area contributed by atoms with Crippen molar-refractivity contribution in [3.05, 3.63) is 165 Å². The van der Waals surface area contributed by atoms with Gasteiger partial charge in [-0.25, -0.2) is 43.6 Å². The van der Waals surface area contributed by atoms with Crippen molar-refractivity contribution in [1.82, 2.24) is 58.4 Å². The number of likely N-dealkylation sites (tertiary alicyclic amines) is 2. The number of piperidine rings is 2. The molecular formula is C59H70N14O4S. The molecule has 0 saturated carbocycles. The van der Waals surface area contributed by atoms with Crippen LogP contribution in [0.15, 0.2) is 136 Å². The van der Waals surface area contributed by atoms with E-state index in [-0.39, 0.29) is 11.1 Å². The molecule has 4 aliphatic rings. The van der Waals surface area contributed by atoms with Gasteiger partial charge in [0.25, 0.3) is 11.1 Å². The van der Waals surface area contributed by atoms with E-state index in [0.717, 1.165) is 30.4 Å². The highest BCUT2D eigenvalue weighted by atomic mass is 32.2. The van der Waals surface area contributed by atoms with Gasteiger partial charge in [0.05, 0.1) is 24.5 Å². The molecule has 406 valence electrons. The summed E-state index contributed by atoms with van der Waals surface area (Å²) in [5.41, 5.74) is 9.88. The highest BCUT2D eigenvalue weighted by Crippen LogP contribution is 2.32. The number of nitrogens with one attached hydrogen (secondary N) is 1. The van der Waals surface area contributed by atoms with Crippen LogP contribution in [-0.2, 0) is 24.3 Å². The standard InChI is InChI=1S/C29H33N7O2.C18H19N5O2S.C12H18N2/c1-29(38)15-4-3-5-16-35-27(37)23-19-30-28(33-26(23)36(35)25-8-6-7-24(29)32-25)31-22-11-9-20(10-12-22)21-13-17-34(2)18-14-21;1-18(25)9-4-3-5-10-22-16(24)12-11-19-17(26-2)21-15(12)23(22)14-8-6-7-13(18)20-14;1-14-8-6-11(7-9-14)10-2-4-12(13)5-3-10/h3,5-12,19,21,38H,4,13-18H2,1-2H3,(H,30,31,33);3,5-8,11,25H,4,9-10H2,1-2H3;2-5,11H,6-9,13H2,1H3/b2*5-3-;/t29-;18-;/m00./s1. The Labute approximate surface area is 458 Å². The molecule has 78 heavy (non-hydrogen) atoms. The van der Waals surface area contributed by atoms with Crippen molar-refractivity contribution >= 4 is 51.2 Å². The maximum atomic E-state index is 13.4. The molecule has 2 atom stereocenters. The first-order valence-corrected chi connectivity index (χ1v) is 28.2. The summed E-state index contributed by atoms with van der Waals surface area (Å²) < 4.78 is 6.66. The van der Waals surface area contributed by atoms with Crippen LogP contribution in [0.5, 0.6) is 0 Å². The summed E-state index contributed by atoms with van der Waals surface area (Å²) in [7, 11) is 4.37. The number of anilines is 3. The molecule has 12 rings (SSSR count). The molecule has 0 unspecified atom stereocenters. The SMILES string of the molecule is CN1CCC(c2ccc(N)cc2)CC1.CN1CCC(c2ccc(Nc3ncc4c(=O)n5n(c4n3)-c3cccc(n3)[C@@](C)(O)CC/C=C\C5)cc2)CC1.CSc1ncc2c(=O)n3n(c2n1)-c1cccc(n1)[C@@](C)(O)CC/C=C\C3. The zero-order chi connectivity index (χ0) is 54.6. The number of aliphatic hydroxyl groups is 2. The molecule has 18 nitrogen and oxygen atoms in total. The molecule has 2 aromatic carbocycles. The van der Waals surface area contributed by atoms with Gasteiger partial charge < -0.3 is 31.1 Å². The summed E-state index contributed by atoms with van der Waals surface area (Å²) >= 11 is 1.42. The molecule has 19 heteroatoms. The Balaban J connectivity index is 0.000000148. The van der Waals surface area contributed by atoms with Gasteiger partial charge in [0, 0.05) is 23.8 Å². The number of benzene rings is 2. The topological polar surface area (TPSA) is 216 Å². The van der Waals surface area contributed by atoms with E-state index in [1.54, 1.807) is 45.0 Å². The second-order valence-corrected chi connectivity index (χ2v) is 22.1. The minimum absolute atomic E-state index is 0.157. The quantitative estimate of drug-likeness (QED) is 0.0551. The van der Waals surface area contributed by atoms with Crippen molar-refractivity contribution < 1.29 is 10.2 Å². The number of nitrogens with two attached hydrogens (primary N) is 1. The van der Waals surface area contributed by atoms with Crippen molar-refractivity contribution in [2.75, 3.05) is 57.6 Å². The van der Waals surface area contributed by atoms with E-state index in [1.807, 2.05) is 79.1 Å². The van der Waals surface area contributed by atoms with Gasteiger partial charge in [0.2, 0.25) is 5.95 Å². The molecule has 10 heterocycles. The fraction of sp³-hybridized carbons (Fsp3) is 0.390. The second kappa shape index (κ2) is 23.4. The van der Waals surface area contributed by atoms with Gasteiger partial charge in [-0.2, -0.15) is 4.98 Å². The van der Waals surface area contributed by atoms with E-state index in [9.17, 15) is 19.8 Å². The number of hydrogen-bond donors (Lipinski definition) is 4. The molecule has 6 aromatic heterocycles. The van der Waals surface area contributed by atoms with Crippen molar-refractivity contribution in [2.45, 2.75) is 106 Å². The third-order valence-corrected chi connectivity index (χ3v) is 16.0. The smallest absolute Gasteiger partial charge is 0.278 e. The fourth-order valence-electron chi connectivity index (χ4n) is 10.7. The molecule has 0 spiro atoms. The van der Waals surface area contributed by atoms with E-state index < -0.39 is 11.2 Å². The zero-order valence-electron chi connectivity index (χ0n) is 45.2. The number of nitrogens with zero attached hydrogens (tertiary/aromatic N) is 12. The van der Waals surface area contributed by atoms with Crippen LogP contribution in [0.1, 0.15) is 99.6 Å². The summed E-state index contributed by atoms with van der Waals surface area (Å²) in [4.78, 5) is 58.4. The molecule has 0 amide bonds. The first-order chi connectivity index (χ1) is 37.7. The number of allylic oxidation sites excluding steroid dienone is 4. The summed E-state index contributed by atoms with van der Waals surface area (Å²) in [6.07, 6.45) is 20.3. The lowest BCUT2D eigenvalue weighted by Gasteiger charge is -2.29. The van der Waals surface area contributed by atoms with Crippen LogP contribution >= 0.6 is 11.8 Å². The predicted molar refractivity (Wildman–Crippen MR) is 309 cm³/mol. The first-order valence-electron chi connectivity index (χ1n) is 27.0. The van der Waals surface area contributed by atoms with Gasteiger partial charge in [-0.15, -0.1) is 0 Å². The summed E-state index contributed by atoms with van der Waals surface area (Å²) in [6.45, 7) is 9.00. The molecule has 0 aliphatic carbocycles. The number of aromatic nitrogens is 10. The predicted octanol–water partition coefficient (Wildman–Crippen LogP) is 8.42. The van der Waals surface area contributed by atoms with Crippen LogP contribution in [0.2, 0.25) is 0 Å². The Morgan fingerprint density at radius 1 is 0.603 bits per heavy atom. The molecule has 2 saturated heterocycles. The first kappa shape index (κ1) is 54.1. The van der Waals surface area contributed by atoms with Crippen LogP contribution < -0.4 is 22.2 Å². The zero-order valence-corrected chi connectivity index (χ0v) is 46.0. The van der Waals surface area contributed by atoms with E-state index >= 15 is 0 Å². The van der Waals surface area contributed by atoms with Crippen LogP contribution in [-0.4, -0.2) is 115 Å². The van der Waals surface area contributed by atoms with Crippen LogP contribution in [0, 0.1) is 0 Å². The van der Waals surface area contributed by atoms with Crippen molar-refractivity contribution in [1.29, 1.82) is 0 Å². The second-order valence-electron chi connectivity index (χ2n) is 21.3. The van der Waals surface area contributed by atoms with E-state index in [0.29, 0.717) is 101 Å². The lowest BCUT2D eigenvalue weighted by atomic mass is 9.89. The molecule has 4 aliphatic heterocycles. The Morgan fingerprint density at radius 3 is 1.55 bits per heavy atom. The third kappa shape index (κ3) is 11.9. The number of thioether (sulfide) groups is 1. The van der Waals surface area contributed by atoms with Gasteiger partial charge in [-0.1, -0.05) is 72.5 Å². The largest absolute Gasteiger partial charge is 0.399 e. The number of fused-ring (bicyclic) bond motifs is 12. The Kier molecular flexibility index (Phi) is 16.2. The fourth-order valence-corrected chi connectivity index (χ4v) is 11.0. The Morgan fingerprint density at radius 2 is 1.06 bits per heavy atom. The monoisotopic (exact) mass is 1070 g/mol. The highest BCUT2D eigenvalue weighted by Gasteiger charge is 2.28. The van der Waals surface area contributed by atoms with Gasteiger partial charge in [0.15, 0.2) is 28.1 Å². The maximum absolute atomic E-state index is 13.4. The minimum atomic E-state index is -1.08. The van der Waals surface area contributed by atoms with Crippen molar-refractivity contribution in [2.24, 2.45) is 0 Å². The Hall–Kier alpha value is -7.29. The lowest BCUT2D eigenvalue weighted by molar-refractivity contribution is 0.0439. The summed E-state index contributed by atoms with van der Waals surface area (Å²) in [5.74, 6) is 2.81. The summed E-state index contributed by atoms with van der Waals surface area (Å²) in [5, 5.41) is 26.6. The lowest BCUT2D eigenvalue weighted by Crippen LogP contribution is -2.29. The number of pyridine rings is 2. The molecule has 0 radical (unpaired) electrons. The number of hydrogen-bond acceptors (Lipinski definition) is 15. The third-order valence-electron chi connectivity index (χ3n) is 15.5. The minimum Gasteiger partial charge on any atom is -0.399 e. The molecule has 8 aromatic rings. The van der Waals surface area contributed by atoms with Crippen molar-refractivity contribution in [3.63, 3.8) is 0 Å². The van der Waals surface area contributed by atoms with Gasteiger partial charge >= 0.3 is 0 Å². The van der Waals surface area contributed by atoms with Crippen LogP contribution in [0.25, 0.3) is 33.7 Å². The molecule has 2 fully saturated rings. The Bertz CT molecular complexity index is 3570.